The van der Waals surface area contributed by atoms with Gasteiger partial charge < -0.3 is 10.1 Å². The minimum atomic E-state index is -0.335. The molecule has 92 valence electrons. The van der Waals surface area contributed by atoms with E-state index in [2.05, 4.69) is 26.2 Å². The van der Waals surface area contributed by atoms with Gasteiger partial charge in [0.2, 0.25) is 0 Å². The van der Waals surface area contributed by atoms with Crippen molar-refractivity contribution in [1.82, 2.24) is 4.98 Å². The molecule has 1 fully saturated rings. The molecule has 2 heterocycles. The third-order valence-corrected chi connectivity index (χ3v) is 3.40. The summed E-state index contributed by atoms with van der Waals surface area (Å²) in [6.45, 7) is 4.56. The molecule has 1 saturated heterocycles. The Morgan fingerprint density at radius 3 is 2.94 bits per heavy atom. The van der Waals surface area contributed by atoms with E-state index in [4.69, 9.17) is 4.74 Å². The van der Waals surface area contributed by atoms with Crippen LogP contribution in [-0.2, 0) is 9.53 Å². The Morgan fingerprint density at radius 1 is 1.59 bits per heavy atom. The van der Waals surface area contributed by atoms with Crippen LogP contribution in [0, 0.1) is 12.8 Å². The lowest BCUT2D eigenvalue weighted by Gasteiger charge is -2.15. The zero-order valence-electron chi connectivity index (χ0n) is 9.87. The van der Waals surface area contributed by atoms with Gasteiger partial charge in [-0.1, -0.05) is 6.92 Å². The molecule has 0 spiro atoms. The van der Waals surface area contributed by atoms with Crippen LogP contribution < -0.4 is 5.32 Å². The summed E-state index contributed by atoms with van der Waals surface area (Å²) in [7, 11) is 0. The van der Waals surface area contributed by atoms with Crippen molar-refractivity contribution in [2.75, 3.05) is 11.9 Å². The Balaban J connectivity index is 2.07. The van der Waals surface area contributed by atoms with Gasteiger partial charge in [0.05, 0.1) is 11.4 Å². The molecule has 4 nitrogen and oxygen atoms in total. The highest BCUT2D eigenvalue weighted by molar-refractivity contribution is 9.10. The normalized spacial score (nSPS) is 23.7. The van der Waals surface area contributed by atoms with Gasteiger partial charge in [-0.05, 0) is 47.3 Å². The lowest BCUT2D eigenvalue weighted by atomic mass is 10.0. The summed E-state index contributed by atoms with van der Waals surface area (Å²) in [5.74, 6) is 0.195. The second kappa shape index (κ2) is 5.14. The minimum absolute atomic E-state index is 0.0813. The van der Waals surface area contributed by atoms with E-state index in [0.717, 1.165) is 22.4 Å². The molecule has 0 aliphatic carbocycles. The van der Waals surface area contributed by atoms with Gasteiger partial charge in [-0.3, -0.25) is 4.79 Å². The van der Waals surface area contributed by atoms with E-state index in [1.54, 1.807) is 0 Å². The van der Waals surface area contributed by atoms with Crippen LogP contribution in [0.3, 0.4) is 0 Å². The number of nitrogens with zero attached hydrogens (tertiary/aromatic N) is 1. The van der Waals surface area contributed by atoms with E-state index in [-0.39, 0.29) is 17.9 Å². The molecule has 2 rings (SSSR count). The van der Waals surface area contributed by atoms with E-state index in [0.29, 0.717) is 6.61 Å². The molecule has 0 radical (unpaired) electrons. The highest BCUT2D eigenvalue weighted by atomic mass is 79.9. The minimum Gasteiger partial charge on any atom is -0.368 e. The predicted octanol–water partition coefficient (Wildman–Crippen LogP) is 2.52. The number of nitrogens with one attached hydrogen (secondary N) is 1. The first-order valence-electron chi connectivity index (χ1n) is 5.63. The van der Waals surface area contributed by atoms with Gasteiger partial charge in [-0.25, -0.2) is 4.98 Å². The number of aromatic nitrogens is 1. The van der Waals surface area contributed by atoms with Crippen molar-refractivity contribution in [3.05, 3.63) is 22.4 Å². The molecular weight excluding hydrogens is 284 g/mol. The number of ether oxygens (including phenoxy) is 1. The highest BCUT2D eigenvalue weighted by Gasteiger charge is 2.31. The van der Waals surface area contributed by atoms with Crippen LogP contribution >= 0.6 is 15.9 Å². The Hall–Kier alpha value is -0.940. The number of pyridine rings is 1. The summed E-state index contributed by atoms with van der Waals surface area (Å²) in [6, 6.07) is 3.64. The van der Waals surface area contributed by atoms with Crippen LogP contribution in [0.2, 0.25) is 0 Å². The number of carbonyl (C=O) groups is 1. The first-order chi connectivity index (χ1) is 8.08. The van der Waals surface area contributed by atoms with Gasteiger partial charge in [0.25, 0.3) is 5.91 Å². The van der Waals surface area contributed by atoms with E-state index >= 15 is 0 Å². The zero-order valence-corrected chi connectivity index (χ0v) is 11.5. The van der Waals surface area contributed by atoms with Crippen LogP contribution in [0.1, 0.15) is 19.0 Å². The topological polar surface area (TPSA) is 51.2 Å². The molecule has 2 atom stereocenters. The van der Waals surface area contributed by atoms with Crippen molar-refractivity contribution in [2.24, 2.45) is 5.92 Å². The quantitative estimate of drug-likeness (QED) is 0.854. The van der Waals surface area contributed by atoms with Crippen LogP contribution in [0.25, 0.3) is 0 Å². The molecule has 0 aromatic carbocycles. The van der Waals surface area contributed by atoms with Crippen molar-refractivity contribution < 1.29 is 9.53 Å². The van der Waals surface area contributed by atoms with Crippen LogP contribution in [0.4, 0.5) is 5.69 Å². The summed E-state index contributed by atoms with van der Waals surface area (Å²) in [5.41, 5.74) is 1.53. The fourth-order valence-electron chi connectivity index (χ4n) is 1.90. The number of hydrogen-bond acceptors (Lipinski definition) is 3. The van der Waals surface area contributed by atoms with Gasteiger partial charge in [-0.15, -0.1) is 0 Å². The van der Waals surface area contributed by atoms with E-state index in [1.807, 2.05) is 26.0 Å². The van der Waals surface area contributed by atoms with Crippen molar-refractivity contribution in [2.45, 2.75) is 26.4 Å². The summed E-state index contributed by atoms with van der Waals surface area (Å²) >= 11 is 3.29. The maximum absolute atomic E-state index is 12.0. The SMILES string of the molecule is Cc1nc(Br)ccc1NC(=O)C1OCCC1C. The van der Waals surface area contributed by atoms with E-state index in [1.165, 1.54) is 0 Å². The molecule has 2 unspecified atom stereocenters. The lowest BCUT2D eigenvalue weighted by molar-refractivity contribution is -0.126. The average molecular weight is 299 g/mol. The van der Waals surface area contributed by atoms with Crippen molar-refractivity contribution in [3.63, 3.8) is 0 Å². The summed E-state index contributed by atoms with van der Waals surface area (Å²) in [6.07, 6.45) is 0.605. The Labute approximate surface area is 109 Å². The zero-order chi connectivity index (χ0) is 12.4. The summed E-state index contributed by atoms with van der Waals surface area (Å²) in [5, 5.41) is 2.86. The number of anilines is 1. The number of aryl methyl sites for hydroxylation is 1. The molecular formula is C12H15BrN2O2. The molecule has 17 heavy (non-hydrogen) atoms. The van der Waals surface area contributed by atoms with Crippen molar-refractivity contribution in [1.29, 1.82) is 0 Å². The maximum Gasteiger partial charge on any atom is 0.253 e. The maximum atomic E-state index is 12.0. The predicted molar refractivity (Wildman–Crippen MR) is 68.8 cm³/mol. The molecule has 1 aliphatic rings. The summed E-state index contributed by atoms with van der Waals surface area (Å²) in [4.78, 5) is 16.2. The smallest absolute Gasteiger partial charge is 0.253 e. The van der Waals surface area contributed by atoms with Crippen molar-refractivity contribution in [3.8, 4) is 0 Å². The van der Waals surface area contributed by atoms with E-state index < -0.39 is 0 Å². The van der Waals surface area contributed by atoms with Gasteiger partial charge >= 0.3 is 0 Å². The third-order valence-electron chi connectivity index (χ3n) is 2.96. The second-order valence-corrected chi connectivity index (χ2v) is 5.13. The molecule has 0 saturated carbocycles. The fourth-order valence-corrected chi connectivity index (χ4v) is 2.30. The first-order valence-corrected chi connectivity index (χ1v) is 6.43. The Bertz CT molecular complexity index is 437. The van der Waals surface area contributed by atoms with Crippen LogP contribution in [0.5, 0.6) is 0 Å². The lowest BCUT2D eigenvalue weighted by Crippen LogP contribution is -2.31. The number of halogens is 1. The van der Waals surface area contributed by atoms with Crippen LogP contribution in [-0.4, -0.2) is 23.6 Å². The monoisotopic (exact) mass is 298 g/mol. The fraction of sp³-hybridized carbons (Fsp3) is 0.500. The standard InChI is InChI=1S/C12H15BrN2O2/c1-7-5-6-17-11(7)12(16)15-9-3-4-10(13)14-8(9)2/h3-4,7,11H,5-6H2,1-2H3,(H,15,16). The number of rotatable bonds is 2. The third kappa shape index (κ3) is 2.84. The van der Waals surface area contributed by atoms with Gasteiger partial charge in [-0.2, -0.15) is 0 Å². The highest BCUT2D eigenvalue weighted by Crippen LogP contribution is 2.22. The molecule has 1 N–H and O–H groups in total. The van der Waals surface area contributed by atoms with Gasteiger partial charge in [0.1, 0.15) is 10.7 Å². The van der Waals surface area contributed by atoms with Crippen molar-refractivity contribution >= 4 is 27.5 Å². The first kappa shape index (κ1) is 12.5. The van der Waals surface area contributed by atoms with Crippen LogP contribution in [0.15, 0.2) is 16.7 Å². The largest absolute Gasteiger partial charge is 0.368 e. The van der Waals surface area contributed by atoms with Gasteiger partial charge in [0.15, 0.2) is 0 Å². The molecule has 1 aromatic heterocycles. The number of carbonyl (C=O) groups excluding carboxylic acids is 1. The molecule has 1 aromatic rings. The molecule has 0 bridgehead atoms. The van der Waals surface area contributed by atoms with Gasteiger partial charge in [0, 0.05) is 6.61 Å². The molecule has 1 amide bonds. The molecule has 5 heteroatoms. The average Bonchev–Trinajstić information content (AvgIpc) is 2.68. The second-order valence-electron chi connectivity index (χ2n) is 4.31. The molecule has 1 aliphatic heterocycles. The Kier molecular flexibility index (Phi) is 3.79. The number of hydrogen-bond donors (Lipinski definition) is 1. The number of amides is 1. The van der Waals surface area contributed by atoms with E-state index in [9.17, 15) is 4.79 Å². The summed E-state index contributed by atoms with van der Waals surface area (Å²) < 4.78 is 6.18. The Morgan fingerprint density at radius 2 is 2.35 bits per heavy atom.